The van der Waals surface area contributed by atoms with Crippen molar-refractivity contribution in [2.75, 3.05) is 13.9 Å². The summed E-state index contributed by atoms with van der Waals surface area (Å²) in [4.78, 5) is 13.0. The van der Waals surface area contributed by atoms with E-state index in [9.17, 15) is 13.2 Å². The second kappa shape index (κ2) is 10.3. The maximum atomic E-state index is 13.1. The highest BCUT2D eigenvalue weighted by molar-refractivity contribution is 7.89. The SMILES string of the molecule is COc1ccc(S(=O)(=O)NC(Cc2ccccc2)C(=O)NCc2ccc3c(c2)OCO3)cc1Cl. The number of halogens is 1. The van der Waals surface area contributed by atoms with Crippen LogP contribution in [0.2, 0.25) is 5.02 Å². The molecule has 1 aliphatic rings. The minimum absolute atomic E-state index is 0.0695. The lowest BCUT2D eigenvalue weighted by Crippen LogP contribution is -2.47. The second-order valence-corrected chi connectivity index (χ2v) is 9.69. The molecule has 0 fully saturated rings. The average Bonchev–Trinajstić information content (AvgIpc) is 3.30. The molecule has 0 radical (unpaired) electrons. The number of fused-ring (bicyclic) bond motifs is 1. The van der Waals surface area contributed by atoms with E-state index >= 15 is 0 Å². The summed E-state index contributed by atoms with van der Waals surface area (Å²) in [7, 11) is -2.61. The highest BCUT2D eigenvalue weighted by Gasteiger charge is 2.27. The number of amides is 1. The van der Waals surface area contributed by atoms with E-state index in [2.05, 4.69) is 10.0 Å². The van der Waals surface area contributed by atoms with Crippen LogP contribution in [-0.2, 0) is 27.8 Å². The first-order chi connectivity index (χ1) is 16.4. The number of hydrogen-bond donors (Lipinski definition) is 2. The molecule has 1 unspecified atom stereocenters. The Hall–Kier alpha value is -3.27. The molecule has 3 aromatic carbocycles. The number of hydrogen-bond acceptors (Lipinski definition) is 6. The summed E-state index contributed by atoms with van der Waals surface area (Å²) >= 11 is 6.11. The first-order valence-electron chi connectivity index (χ1n) is 10.4. The third kappa shape index (κ3) is 5.61. The molecule has 0 aliphatic carbocycles. The zero-order valence-electron chi connectivity index (χ0n) is 18.3. The number of rotatable bonds is 9. The van der Waals surface area contributed by atoms with Gasteiger partial charge in [0, 0.05) is 6.54 Å². The molecular weight excluding hydrogens is 480 g/mol. The summed E-state index contributed by atoms with van der Waals surface area (Å²) < 4.78 is 44.4. The van der Waals surface area contributed by atoms with Gasteiger partial charge in [-0.2, -0.15) is 4.72 Å². The van der Waals surface area contributed by atoms with E-state index in [4.69, 9.17) is 25.8 Å². The lowest BCUT2D eigenvalue weighted by molar-refractivity contribution is -0.122. The van der Waals surface area contributed by atoms with E-state index in [0.29, 0.717) is 17.2 Å². The minimum Gasteiger partial charge on any atom is -0.495 e. The van der Waals surface area contributed by atoms with Gasteiger partial charge in [-0.05, 0) is 47.9 Å². The van der Waals surface area contributed by atoms with Crippen LogP contribution in [0.1, 0.15) is 11.1 Å². The molecule has 0 saturated heterocycles. The van der Waals surface area contributed by atoms with Crippen molar-refractivity contribution >= 4 is 27.5 Å². The van der Waals surface area contributed by atoms with Crippen LogP contribution >= 0.6 is 11.6 Å². The molecule has 2 N–H and O–H groups in total. The van der Waals surface area contributed by atoms with E-state index < -0.39 is 22.0 Å². The average molecular weight is 503 g/mol. The van der Waals surface area contributed by atoms with Crippen LogP contribution in [-0.4, -0.2) is 34.3 Å². The normalized spacial score (nSPS) is 13.4. The van der Waals surface area contributed by atoms with Gasteiger partial charge >= 0.3 is 0 Å². The zero-order chi connectivity index (χ0) is 24.1. The number of ether oxygens (including phenoxy) is 3. The molecule has 1 amide bonds. The number of nitrogens with one attached hydrogen (secondary N) is 2. The summed E-state index contributed by atoms with van der Waals surface area (Å²) in [6.07, 6.45) is 0.164. The van der Waals surface area contributed by atoms with Crippen molar-refractivity contribution in [1.82, 2.24) is 10.0 Å². The van der Waals surface area contributed by atoms with Gasteiger partial charge in [-0.15, -0.1) is 0 Å². The van der Waals surface area contributed by atoms with Crippen LogP contribution in [0.4, 0.5) is 0 Å². The second-order valence-electron chi connectivity index (χ2n) is 7.57. The standard InChI is InChI=1S/C24H23ClN2O6S/c1-31-21-10-8-18(13-19(21)25)34(29,30)27-20(11-16-5-3-2-4-6-16)24(28)26-14-17-7-9-22-23(12-17)33-15-32-22/h2-10,12-13,20,27H,11,14-15H2,1H3,(H,26,28). The molecule has 3 aromatic rings. The molecule has 1 heterocycles. The van der Waals surface area contributed by atoms with Crippen molar-refractivity contribution < 1.29 is 27.4 Å². The molecule has 1 atom stereocenters. The van der Waals surface area contributed by atoms with Gasteiger partial charge in [-0.25, -0.2) is 8.42 Å². The van der Waals surface area contributed by atoms with Gasteiger partial charge in [-0.1, -0.05) is 48.0 Å². The largest absolute Gasteiger partial charge is 0.495 e. The smallest absolute Gasteiger partial charge is 0.241 e. The summed E-state index contributed by atoms with van der Waals surface area (Å²) in [5.74, 6) is 1.13. The summed E-state index contributed by atoms with van der Waals surface area (Å²) in [5, 5.41) is 2.96. The Morgan fingerprint density at radius 2 is 1.79 bits per heavy atom. The van der Waals surface area contributed by atoms with Gasteiger partial charge in [-0.3, -0.25) is 4.79 Å². The lowest BCUT2D eigenvalue weighted by Gasteiger charge is -2.19. The van der Waals surface area contributed by atoms with Crippen LogP contribution in [0, 0.1) is 0 Å². The highest BCUT2D eigenvalue weighted by atomic mass is 35.5. The molecule has 8 nitrogen and oxygen atoms in total. The van der Waals surface area contributed by atoms with Crippen LogP contribution < -0.4 is 24.2 Å². The Morgan fingerprint density at radius 1 is 1.03 bits per heavy atom. The molecule has 1 aliphatic heterocycles. The van der Waals surface area contributed by atoms with Gasteiger partial charge in [0.15, 0.2) is 11.5 Å². The fraction of sp³-hybridized carbons (Fsp3) is 0.208. The van der Waals surface area contributed by atoms with E-state index in [1.54, 1.807) is 12.1 Å². The number of carbonyl (C=O) groups excluding carboxylic acids is 1. The van der Waals surface area contributed by atoms with Crippen molar-refractivity contribution in [3.05, 3.63) is 82.9 Å². The number of methoxy groups -OCH3 is 1. The van der Waals surface area contributed by atoms with E-state index in [1.807, 2.05) is 36.4 Å². The first-order valence-corrected chi connectivity index (χ1v) is 12.3. The maximum absolute atomic E-state index is 13.1. The molecule has 34 heavy (non-hydrogen) atoms. The van der Waals surface area contributed by atoms with Crippen LogP contribution in [0.25, 0.3) is 0 Å². The van der Waals surface area contributed by atoms with Gasteiger partial charge in [0.1, 0.15) is 11.8 Å². The highest BCUT2D eigenvalue weighted by Crippen LogP contribution is 2.32. The molecule has 0 spiro atoms. The van der Waals surface area contributed by atoms with Crippen LogP contribution in [0.3, 0.4) is 0 Å². The fourth-order valence-electron chi connectivity index (χ4n) is 3.47. The lowest BCUT2D eigenvalue weighted by atomic mass is 10.1. The minimum atomic E-state index is -4.05. The molecule has 4 rings (SSSR count). The zero-order valence-corrected chi connectivity index (χ0v) is 19.9. The monoisotopic (exact) mass is 502 g/mol. The Morgan fingerprint density at radius 3 is 2.53 bits per heavy atom. The molecule has 0 saturated carbocycles. The molecular formula is C24H23ClN2O6S. The Labute approximate surface area is 202 Å². The van der Waals surface area contributed by atoms with Gasteiger partial charge in [0.2, 0.25) is 22.7 Å². The molecule has 10 heteroatoms. The summed E-state index contributed by atoms with van der Waals surface area (Å²) in [5.41, 5.74) is 1.60. The first kappa shape index (κ1) is 23.9. The van der Waals surface area contributed by atoms with Gasteiger partial charge < -0.3 is 19.5 Å². The summed E-state index contributed by atoms with van der Waals surface area (Å²) in [6.45, 7) is 0.346. The quantitative estimate of drug-likeness (QED) is 0.465. The van der Waals surface area contributed by atoms with E-state index in [1.165, 1.54) is 25.3 Å². The number of sulfonamides is 1. The van der Waals surface area contributed by atoms with Crippen LogP contribution in [0.5, 0.6) is 17.2 Å². The predicted molar refractivity (Wildman–Crippen MR) is 127 cm³/mol. The Kier molecular flexibility index (Phi) is 7.26. The number of benzene rings is 3. The topological polar surface area (TPSA) is 103 Å². The van der Waals surface area contributed by atoms with E-state index in [-0.39, 0.29) is 29.7 Å². The van der Waals surface area contributed by atoms with Gasteiger partial charge in [0.25, 0.3) is 0 Å². The third-order valence-electron chi connectivity index (χ3n) is 5.23. The van der Waals surface area contributed by atoms with Crippen molar-refractivity contribution in [1.29, 1.82) is 0 Å². The van der Waals surface area contributed by atoms with E-state index in [0.717, 1.165) is 11.1 Å². The Balaban J connectivity index is 1.52. The van der Waals surface area contributed by atoms with Crippen molar-refractivity contribution in [2.24, 2.45) is 0 Å². The maximum Gasteiger partial charge on any atom is 0.241 e. The van der Waals surface area contributed by atoms with Crippen molar-refractivity contribution in [3.8, 4) is 17.2 Å². The van der Waals surface area contributed by atoms with Gasteiger partial charge in [0.05, 0.1) is 17.0 Å². The van der Waals surface area contributed by atoms with Crippen LogP contribution in [0.15, 0.2) is 71.6 Å². The molecule has 178 valence electrons. The third-order valence-corrected chi connectivity index (χ3v) is 7.00. The van der Waals surface area contributed by atoms with Crippen molar-refractivity contribution in [2.45, 2.75) is 23.9 Å². The fourth-order valence-corrected chi connectivity index (χ4v) is 5.01. The Bertz CT molecular complexity index is 1280. The molecule has 0 aromatic heterocycles. The summed E-state index contributed by atoms with van der Waals surface area (Å²) in [6, 6.07) is 17.6. The predicted octanol–water partition coefficient (Wildman–Crippen LogP) is 3.28. The van der Waals surface area contributed by atoms with Crippen molar-refractivity contribution in [3.63, 3.8) is 0 Å². The molecule has 0 bridgehead atoms. The number of carbonyl (C=O) groups is 1.